The van der Waals surface area contributed by atoms with E-state index < -0.39 is 6.10 Å². The maximum Gasteiger partial charge on any atom is 0.134 e. The predicted molar refractivity (Wildman–Crippen MR) is 34.0 cm³/mol. The zero-order chi connectivity index (χ0) is 6.85. The van der Waals surface area contributed by atoms with E-state index in [0.717, 1.165) is 5.69 Å². The van der Waals surface area contributed by atoms with Gasteiger partial charge in [0.25, 0.3) is 0 Å². The molecular weight excluding hydrogens is 116 g/mol. The first kappa shape index (κ1) is 6.29. The van der Waals surface area contributed by atoms with Crippen LogP contribution < -0.4 is 0 Å². The molecule has 3 heteroatoms. The van der Waals surface area contributed by atoms with E-state index in [0.29, 0.717) is 5.82 Å². The highest BCUT2D eigenvalue weighted by atomic mass is 16.3. The van der Waals surface area contributed by atoms with E-state index in [4.69, 9.17) is 5.11 Å². The molecule has 1 aromatic heterocycles. The third kappa shape index (κ3) is 1.29. The lowest BCUT2D eigenvalue weighted by Crippen LogP contribution is -1.92. The highest BCUT2D eigenvalue weighted by Crippen LogP contribution is 2.05. The molecule has 1 heterocycles. The fourth-order valence-corrected chi connectivity index (χ4v) is 0.645. The maximum absolute atomic E-state index is 8.94. The second kappa shape index (κ2) is 2.19. The fraction of sp³-hybridized carbons (Fsp3) is 0.500. The molecule has 0 spiro atoms. The van der Waals surface area contributed by atoms with Crippen LogP contribution in [0.3, 0.4) is 0 Å². The average Bonchev–Trinajstić information content (AvgIpc) is 2.14. The van der Waals surface area contributed by atoms with Gasteiger partial charge in [-0.1, -0.05) is 0 Å². The van der Waals surface area contributed by atoms with Crippen molar-refractivity contribution in [1.29, 1.82) is 0 Å². The van der Waals surface area contributed by atoms with Gasteiger partial charge in [-0.3, -0.25) is 0 Å². The molecule has 0 fully saturated rings. The SMILES string of the molecule is Cc1cnc(C(C)O)[nH]1. The van der Waals surface area contributed by atoms with E-state index in [1.807, 2.05) is 6.92 Å². The van der Waals surface area contributed by atoms with Gasteiger partial charge in [-0.05, 0) is 13.8 Å². The van der Waals surface area contributed by atoms with E-state index in [9.17, 15) is 0 Å². The van der Waals surface area contributed by atoms with Crippen molar-refractivity contribution < 1.29 is 5.11 Å². The number of aryl methyl sites for hydroxylation is 1. The Labute approximate surface area is 53.7 Å². The minimum Gasteiger partial charge on any atom is -0.385 e. The van der Waals surface area contributed by atoms with Gasteiger partial charge in [0.2, 0.25) is 0 Å². The summed E-state index contributed by atoms with van der Waals surface area (Å²) in [7, 11) is 0. The molecule has 0 radical (unpaired) electrons. The van der Waals surface area contributed by atoms with Crippen molar-refractivity contribution >= 4 is 0 Å². The maximum atomic E-state index is 8.94. The molecule has 1 aromatic rings. The second-order valence-corrected chi connectivity index (χ2v) is 2.13. The summed E-state index contributed by atoms with van der Waals surface area (Å²) in [6, 6.07) is 0. The van der Waals surface area contributed by atoms with Gasteiger partial charge in [-0.2, -0.15) is 0 Å². The van der Waals surface area contributed by atoms with Crippen LogP contribution >= 0.6 is 0 Å². The number of aromatic amines is 1. The lowest BCUT2D eigenvalue weighted by molar-refractivity contribution is 0.190. The summed E-state index contributed by atoms with van der Waals surface area (Å²) in [6.45, 7) is 3.58. The first-order valence-corrected chi connectivity index (χ1v) is 2.89. The normalized spacial score (nSPS) is 13.7. The minimum atomic E-state index is -0.487. The second-order valence-electron chi connectivity index (χ2n) is 2.13. The zero-order valence-electron chi connectivity index (χ0n) is 5.55. The molecule has 9 heavy (non-hydrogen) atoms. The van der Waals surface area contributed by atoms with Gasteiger partial charge in [0.15, 0.2) is 0 Å². The lowest BCUT2D eigenvalue weighted by Gasteiger charge is -1.95. The van der Waals surface area contributed by atoms with Crippen LogP contribution in [0.2, 0.25) is 0 Å². The summed E-state index contributed by atoms with van der Waals surface area (Å²) in [5, 5.41) is 8.94. The minimum absolute atomic E-state index is 0.487. The van der Waals surface area contributed by atoms with Gasteiger partial charge >= 0.3 is 0 Å². The third-order valence-electron chi connectivity index (χ3n) is 1.12. The Morgan fingerprint density at radius 3 is 2.67 bits per heavy atom. The highest BCUT2D eigenvalue weighted by molar-refractivity contribution is 4.99. The number of rotatable bonds is 1. The molecular formula is C6H10N2O. The van der Waals surface area contributed by atoms with Gasteiger partial charge < -0.3 is 10.1 Å². The van der Waals surface area contributed by atoms with E-state index in [2.05, 4.69) is 9.97 Å². The van der Waals surface area contributed by atoms with Gasteiger partial charge in [0.1, 0.15) is 11.9 Å². The Kier molecular flexibility index (Phi) is 1.53. The van der Waals surface area contributed by atoms with E-state index in [1.165, 1.54) is 0 Å². The number of imidazole rings is 1. The smallest absolute Gasteiger partial charge is 0.134 e. The van der Waals surface area contributed by atoms with Crippen molar-refractivity contribution in [1.82, 2.24) is 9.97 Å². The molecule has 0 amide bonds. The van der Waals surface area contributed by atoms with Crippen LogP contribution in [0.4, 0.5) is 0 Å². The van der Waals surface area contributed by atoms with E-state index in [-0.39, 0.29) is 0 Å². The standard InChI is InChI=1S/C6H10N2O/c1-4-3-7-6(8-4)5(2)9/h3,5,9H,1-2H3,(H,7,8). The van der Waals surface area contributed by atoms with Crippen LogP contribution in [-0.2, 0) is 0 Å². The van der Waals surface area contributed by atoms with Crippen LogP contribution in [0.5, 0.6) is 0 Å². The molecule has 1 rings (SSSR count). The summed E-state index contributed by atoms with van der Waals surface area (Å²) in [6.07, 6.45) is 1.21. The topological polar surface area (TPSA) is 48.9 Å². The van der Waals surface area contributed by atoms with Crippen LogP contribution in [0.15, 0.2) is 6.20 Å². The highest BCUT2D eigenvalue weighted by Gasteiger charge is 2.01. The Hall–Kier alpha value is -0.830. The number of aliphatic hydroxyl groups is 1. The average molecular weight is 126 g/mol. The van der Waals surface area contributed by atoms with Gasteiger partial charge in [0, 0.05) is 11.9 Å². The van der Waals surface area contributed by atoms with Crippen LogP contribution in [0.25, 0.3) is 0 Å². The van der Waals surface area contributed by atoms with Crippen molar-refractivity contribution in [2.45, 2.75) is 20.0 Å². The Morgan fingerprint density at radius 2 is 2.44 bits per heavy atom. The molecule has 0 saturated carbocycles. The molecule has 50 valence electrons. The van der Waals surface area contributed by atoms with Crippen LogP contribution in [-0.4, -0.2) is 15.1 Å². The summed E-state index contributed by atoms with van der Waals surface area (Å²) < 4.78 is 0. The van der Waals surface area contributed by atoms with E-state index >= 15 is 0 Å². The van der Waals surface area contributed by atoms with Gasteiger partial charge in [-0.15, -0.1) is 0 Å². The molecule has 0 saturated heterocycles. The molecule has 0 aromatic carbocycles. The molecule has 1 atom stereocenters. The number of aliphatic hydroxyl groups excluding tert-OH is 1. The molecule has 0 aliphatic heterocycles. The number of aromatic nitrogens is 2. The van der Waals surface area contributed by atoms with Gasteiger partial charge in [-0.25, -0.2) is 4.98 Å². The van der Waals surface area contributed by atoms with Crippen molar-refractivity contribution in [3.63, 3.8) is 0 Å². The zero-order valence-corrected chi connectivity index (χ0v) is 5.55. The summed E-state index contributed by atoms with van der Waals surface area (Å²) in [5.41, 5.74) is 0.978. The molecule has 1 unspecified atom stereocenters. The van der Waals surface area contributed by atoms with Crippen molar-refractivity contribution in [3.05, 3.63) is 17.7 Å². The predicted octanol–water partition coefficient (Wildman–Crippen LogP) is 0.771. The van der Waals surface area contributed by atoms with Crippen molar-refractivity contribution in [3.8, 4) is 0 Å². The number of nitrogens with one attached hydrogen (secondary N) is 1. The molecule has 3 nitrogen and oxygen atoms in total. The lowest BCUT2D eigenvalue weighted by atomic mass is 10.4. The Bertz CT molecular complexity index is 193. The molecule has 2 N–H and O–H groups in total. The summed E-state index contributed by atoms with van der Waals surface area (Å²) in [5.74, 6) is 0.632. The number of nitrogens with zero attached hydrogens (tertiary/aromatic N) is 1. The molecule has 0 bridgehead atoms. The summed E-state index contributed by atoms with van der Waals surface area (Å²) >= 11 is 0. The Balaban J connectivity index is 2.85. The number of hydrogen-bond acceptors (Lipinski definition) is 2. The largest absolute Gasteiger partial charge is 0.385 e. The van der Waals surface area contributed by atoms with E-state index in [1.54, 1.807) is 13.1 Å². The third-order valence-corrected chi connectivity index (χ3v) is 1.12. The fourth-order valence-electron chi connectivity index (χ4n) is 0.645. The van der Waals surface area contributed by atoms with Crippen LogP contribution in [0.1, 0.15) is 24.5 Å². The first-order chi connectivity index (χ1) is 4.20. The number of hydrogen-bond donors (Lipinski definition) is 2. The molecule has 0 aliphatic rings. The molecule has 0 aliphatic carbocycles. The number of H-pyrrole nitrogens is 1. The van der Waals surface area contributed by atoms with Crippen molar-refractivity contribution in [2.24, 2.45) is 0 Å². The summed E-state index contributed by atoms with van der Waals surface area (Å²) in [4.78, 5) is 6.82. The van der Waals surface area contributed by atoms with Crippen molar-refractivity contribution in [2.75, 3.05) is 0 Å². The quantitative estimate of drug-likeness (QED) is 0.584. The first-order valence-electron chi connectivity index (χ1n) is 2.89. The van der Waals surface area contributed by atoms with Crippen LogP contribution in [0, 0.1) is 6.92 Å². The Morgan fingerprint density at radius 1 is 1.78 bits per heavy atom. The van der Waals surface area contributed by atoms with Gasteiger partial charge in [0.05, 0.1) is 0 Å². The monoisotopic (exact) mass is 126 g/mol.